The minimum Gasteiger partial charge on any atom is -0.480 e. The summed E-state index contributed by atoms with van der Waals surface area (Å²) in [5, 5.41) is 9.14. The number of fused-ring (bicyclic) bond motifs is 1. The van der Waals surface area contributed by atoms with Crippen molar-refractivity contribution in [1.82, 2.24) is 0 Å². The van der Waals surface area contributed by atoms with E-state index < -0.39 is 75.7 Å². The van der Waals surface area contributed by atoms with Gasteiger partial charge in [-0.2, -0.15) is 8.78 Å². The normalized spacial score (nSPS) is 16.2. The molecule has 1 aliphatic heterocycles. The molecule has 0 fully saturated rings. The van der Waals surface area contributed by atoms with E-state index in [0.717, 1.165) is 19.9 Å². The molecule has 0 aromatic heterocycles. The first-order chi connectivity index (χ1) is 13.8. The highest BCUT2D eigenvalue weighted by molar-refractivity contribution is 6.05. The lowest BCUT2D eigenvalue weighted by Gasteiger charge is -2.36. The van der Waals surface area contributed by atoms with Crippen LogP contribution in [0.2, 0.25) is 0 Å². The number of ether oxygens (including phenoxy) is 1. The Morgan fingerprint density at radius 1 is 1.03 bits per heavy atom. The van der Waals surface area contributed by atoms with Gasteiger partial charge in [-0.25, -0.2) is 26.7 Å². The molecule has 0 bridgehead atoms. The fraction of sp³-hybridized carbons (Fsp3) is 0.222. The predicted octanol–water partition coefficient (Wildman–Crippen LogP) is 4.15. The van der Waals surface area contributed by atoms with Crippen LogP contribution in [0.3, 0.4) is 0 Å². The summed E-state index contributed by atoms with van der Waals surface area (Å²) in [6.07, 6.45) is -4.45. The van der Waals surface area contributed by atoms with E-state index in [-0.39, 0.29) is 10.5 Å². The van der Waals surface area contributed by atoms with Crippen molar-refractivity contribution in [3.8, 4) is 16.9 Å². The monoisotopic (exact) mass is 437 g/mol. The van der Waals surface area contributed by atoms with Crippen LogP contribution < -0.4 is 9.64 Å². The summed E-state index contributed by atoms with van der Waals surface area (Å²) in [6, 6.07) is -0.460. The number of benzene rings is 2. The smallest absolute Gasteiger partial charge is 0.480 e. The van der Waals surface area contributed by atoms with Gasteiger partial charge in [0.25, 0.3) is 0 Å². The SMILES string of the molecule is Cc1cc2c(cc1-c1c(F)c(F)c(F)c(F)c1F)N([C@H](C)C(=O)O)C(=O)C(F)(F)O2. The lowest BCUT2D eigenvalue weighted by atomic mass is 9.96. The summed E-state index contributed by atoms with van der Waals surface area (Å²) in [6.45, 7) is 1.99. The van der Waals surface area contributed by atoms with Crippen LogP contribution in [0.15, 0.2) is 12.1 Å². The number of carboxylic acids is 1. The highest BCUT2D eigenvalue weighted by Crippen LogP contribution is 2.45. The van der Waals surface area contributed by atoms with Crippen molar-refractivity contribution >= 4 is 17.6 Å². The number of hydrogen-bond donors (Lipinski definition) is 1. The molecule has 1 amide bonds. The molecule has 0 aliphatic carbocycles. The molecule has 1 aliphatic rings. The molecule has 0 spiro atoms. The maximum atomic E-state index is 14.2. The van der Waals surface area contributed by atoms with Crippen LogP contribution in [0, 0.1) is 36.0 Å². The van der Waals surface area contributed by atoms with Gasteiger partial charge < -0.3 is 9.84 Å². The molecule has 1 N–H and O–H groups in total. The topological polar surface area (TPSA) is 66.8 Å². The van der Waals surface area contributed by atoms with Crippen molar-refractivity contribution < 1.29 is 50.2 Å². The van der Waals surface area contributed by atoms with Crippen LogP contribution in [0.25, 0.3) is 11.1 Å². The second-order valence-corrected chi connectivity index (χ2v) is 6.39. The quantitative estimate of drug-likeness (QED) is 0.445. The molecule has 5 nitrogen and oxygen atoms in total. The first kappa shape index (κ1) is 21.4. The van der Waals surface area contributed by atoms with Gasteiger partial charge >= 0.3 is 18.0 Å². The molecule has 30 heavy (non-hydrogen) atoms. The summed E-state index contributed by atoms with van der Waals surface area (Å²) in [5.74, 6) is -15.8. The molecule has 1 heterocycles. The number of carbonyl (C=O) groups excluding carboxylic acids is 1. The summed E-state index contributed by atoms with van der Waals surface area (Å²) in [5.41, 5.74) is -2.92. The fourth-order valence-corrected chi connectivity index (χ4v) is 2.98. The van der Waals surface area contributed by atoms with Crippen LogP contribution in [0.1, 0.15) is 12.5 Å². The molecule has 12 heteroatoms. The number of amides is 1. The van der Waals surface area contributed by atoms with E-state index in [1.165, 1.54) is 0 Å². The Kier molecular flexibility index (Phi) is 4.91. The van der Waals surface area contributed by atoms with E-state index in [9.17, 15) is 40.3 Å². The van der Waals surface area contributed by atoms with Crippen LogP contribution in [-0.2, 0) is 9.59 Å². The van der Waals surface area contributed by atoms with E-state index in [4.69, 9.17) is 5.11 Å². The number of aryl methyl sites for hydroxylation is 1. The minimum absolute atomic E-state index is 0.107. The van der Waals surface area contributed by atoms with Gasteiger partial charge in [0, 0.05) is 0 Å². The Morgan fingerprint density at radius 3 is 2.03 bits per heavy atom. The van der Waals surface area contributed by atoms with Crippen LogP contribution >= 0.6 is 0 Å². The Balaban J connectivity index is 2.34. The number of anilines is 1. The zero-order valence-electron chi connectivity index (χ0n) is 15.0. The number of rotatable bonds is 3. The van der Waals surface area contributed by atoms with Crippen molar-refractivity contribution in [2.75, 3.05) is 4.90 Å². The lowest BCUT2D eigenvalue weighted by molar-refractivity contribution is -0.193. The van der Waals surface area contributed by atoms with Crippen molar-refractivity contribution in [1.29, 1.82) is 0 Å². The summed E-state index contributed by atoms with van der Waals surface area (Å²) >= 11 is 0. The Morgan fingerprint density at radius 2 is 1.53 bits per heavy atom. The van der Waals surface area contributed by atoms with Gasteiger partial charge in [0.2, 0.25) is 5.82 Å². The molecule has 1 atom stereocenters. The van der Waals surface area contributed by atoms with Crippen LogP contribution in [0.5, 0.6) is 5.75 Å². The molecule has 0 saturated carbocycles. The van der Waals surface area contributed by atoms with Crippen LogP contribution in [-0.4, -0.2) is 29.1 Å². The third-order valence-corrected chi connectivity index (χ3v) is 4.50. The largest absolute Gasteiger partial charge is 0.483 e. The van der Waals surface area contributed by atoms with Crippen molar-refractivity contribution in [2.45, 2.75) is 26.0 Å². The van der Waals surface area contributed by atoms with E-state index in [2.05, 4.69) is 4.74 Å². The van der Waals surface area contributed by atoms with Gasteiger partial charge in [0.05, 0.1) is 11.3 Å². The zero-order valence-corrected chi connectivity index (χ0v) is 15.0. The zero-order chi connectivity index (χ0) is 22.7. The third-order valence-electron chi connectivity index (χ3n) is 4.50. The number of carboxylic acid groups (broad SMARTS) is 1. The predicted molar refractivity (Wildman–Crippen MR) is 86.6 cm³/mol. The Hall–Kier alpha value is -3.31. The average Bonchev–Trinajstić information content (AvgIpc) is 2.66. The summed E-state index contributed by atoms with van der Waals surface area (Å²) in [4.78, 5) is 23.4. The van der Waals surface area contributed by atoms with Gasteiger partial charge in [-0.3, -0.25) is 9.69 Å². The Bertz CT molecular complexity index is 1070. The third kappa shape index (κ3) is 3.02. The van der Waals surface area contributed by atoms with Gasteiger partial charge in [0.1, 0.15) is 6.04 Å². The van der Waals surface area contributed by atoms with Gasteiger partial charge in [-0.15, -0.1) is 0 Å². The van der Waals surface area contributed by atoms with E-state index >= 15 is 0 Å². The molecular weight excluding hydrogens is 427 g/mol. The van der Waals surface area contributed by atoms with Crippen molar-refractivity contribution in [3.63, 3.8) is 0 Å². The standard InChI is InChI=1S/C18H10F7NO4/c1-5-3-9-8(26(6(2)16(27)28)17(29)18(24,25)30-9)4-7(5)10-11(19)13(21)15(23)14(22)12(10)20/h3-4,6H,1-2H3,(H,27,28)/t6-/m1/s1. The first-order valence-electron chi connectivity index (χ1n) is 8.09. The van der Waals surface area contributed by atoms with E-state index in [0.29, 0.717) is 6.07 Å². The summed E-state index contributed by atoms with van der Waals surface area (Å²) in [7, 11) is 0. The maximum Gasteiger partial charge on any atom is 0.483 e. The molecule has 3 rings (SSSR count). The van der Waals surface area contributed by atoms with Gasteiger partial charge in [-0.1, -0.05) is 0 Å². The number of halogens is 7. The van der Waals surface area contributed by atoms with E-state index in [1.807, 2.05) is 0 Å². The molecule has 160 valence electrons. The molecule has 0 saturated heterocycles. The molecule has 0 unspecified atom stereocenters. The number of alkyl halides is 2. The summed E-state index contributed by atoms with van der Waals surface area (Å²) < 4.78 is 101. The van der Waals surface area contributed by atoms with Crippen LogP contribution in [0.4, 0.5) is 36.4 Å². The molecular formula is C18H10F7NO4. The second-order valence-electron chi connectivity index (χ2n) is 6.39. The minimum atomic E-state index is -4.45. The maximum absolute atomic E-state index is 14.2. The first-order valence-corrected chi connectivity index (χ1v) is 8.09. The number of nitrogens with zero attached hydrogens (tertiary/aromatic N) is 1. The van der Waals surface area contributed by atoms with Gasteiger partial charge in [-0.05, 0) is 37.1 Å². The van der Waals surface area contributed by atoms with E-state index in [1.54, 1.807) is 0 Å². The average molecular weight is 437 g/mol. The van der Waals surface area contributed by atoms with Gasteiger partial charge in [0.15, 0.2) is 29.0 Å². The van der Waals surface area contributed by atoms with Crippen molar-refractivity contribution in [3.05, 3.63) is 46.8 Å². The Labute approximate surface area is 163 Å². The highest BCUT2D eigenvalue weighted by atomic mass is 19.3. The molecule has 2 aromatic carbocycles. The van der Waals surface area contributed by atoms with Crippen molar-refractivity contribution in [2.24, 2.45) is 0 Å². The lowest BCUT2D eigenvalue weighted by Crippen LogP contribution is -2.55. The second kappa shape index (κ2) is 6.89. The highest BCUT2D eigenvalue weighted by Gasteiger charge is 2.53. The molecule has 2 aromatic rings. The number of aliphatic carboxylic acids is 1. The number of hydrogen-bond acceptors (Lipinski definition) is 3. The number of carbonyl (C=O) groups is 2. The fourth-order valence-electron chi connectivity index (χ4n) is 2.98. The molecule has 0 radical (unpaired) electrons.